The summed E-state index contributed by atoms with van der Waals surface area (Å²) in [4.78, 5) is 4.58. The molecule has 3 heteroatoms. The van der Waals surface area contributed by atoms with Crippen molar-refractivity contribution in [2.24, 2.45) is 7.05 Å². The molecule has 1 heterocycles. The average molecular weight is 213 g/mol. The Morgan fingerprint density at radius 2 is 2.25 bits per heavy atom. The zero-order valence-corrected chi connectivity index (χ0v) is 9.70. The second-order valence-electron chi connectivity index (χ2n) is 4.01. The summed E-state index contributed by atoms with van der Waals surface area (Å²) in [6.07, 6.45) is 3.33. The van der Waals surface area contributed by atoms with Crippen molar-refractivity contribution in [1.29, 1.82) is 5.26 Å². The number of benzene rings is 1. The molecule has 0 aliphatic heterocycles. The van der Waals surface area contributed by atoms with Gasteiger partial charge in [-0.05, 0) is 24.6 Å². The van der Waals surface area contributed by atoms with Gasteiger partial charge < -0.3 is 4.57 Å². The molecule has 0 saturated heterocycles. The van der Waals surface area contributed by atoms with Gasteiger partial charge in [0, 0.05) is 13.5 Å². The van der Waals surface area contributed by atoms with Crippen molar-refractivity contribution in [2.75, 3.05) is 0 Å². The van der Waals surface area contributed by atoms with Crippen molar-refractivity contribution in [1.82, 2.24) is 9.55 Å². The van der Waals surface area contributed by atoms with E-state index in [1.807, 2.05) is 25.2 Å². The lowest BCUT2D eigenvalue weighted by Gasteiger charge is -2.00. The molecule has 0 atom stereocenters. The van der Waals surface area contributed by atoms with Gasteiger partial charge in [0.1, 0.15) is 5.82 Å². The number of nitrogens with zero attached hydrogens (tertiary/aromatic N) is 3. The van der Waals surface area contributed by atoms with Crippen LogP contribution >= 0.6 is 0 Å². The molecular formula is C13H15N3. The maximum Gasteiger partial charge on any atom is 0.109 e. The predicted molar refractivity (Wildman–Crippen MR) is 64.0 cm³/mol. The van der Waals surface area contributed by atoms with Crippen LogP contribution in [-0.4, -0.2) is 9.55 Å². The minimum Gasteiger partial charge on any atom is -0.331 e. The molecule has 1 aromatic heterocycles. The monoisotopic (exact) mass is 213 g/mol. The maximum atomic E-state index is 8.86. The lowest BCUT2D eigenvalue weighted by Crippen LogP contribution is -1.97. The molecular weight excluding hydrogens is 198 g/mol. The number of hydrogen-bond acceptors (Lipinski definition) is 2. The molecule has 0 N–H and O–H groups in total. The van der Waals surface area contributed by atoms with Gasteiger partial charge in [-0.25, -0.2) is 4.98 Å². The van der Waals surface area contributed by atoms with Crippen molar-refractivity contribution < 1.29 is 0 Å². The van der Waals surface area contributed by atoms with Crippen molar-refractivity contribution in [3.05, 3.63) is 29.6 Å². The molecule has 0 radical (unpaired) electrons. The Morgan fingerprint density at radius 3 is 2.94 bits per heavy atom. The number of fused-ring (bicyclic) bond motifs is 1. The van der Waals surface area contributed by atoms with Crippen molar-refractivity contribution in [3.8, 4) is 6.07 Å². The van der Waals surface area contributed by atoms with E-state index in [4.69, 9.17) is 5.26 Å². The Morgan fingerprint density at radius 1 is 1.44 bits per heavy atom. The Bertz CT molecular complexity index is 546. The minimum atomic E-state index is 0.692. The summed E-state index contributed by atoms with van der Waals surface area (Å²) in [5, 5.41) is 8.86. The molecule has 0 bridgehead atoms. The fourth-order valence-corrected chi connectivity index (χ4v) is 1.87. The number of hydrogen-bond donors (Lipinski definition) is 0. The molecule has 2 aromatic rings. The van der Waals surface area contributed by atoms with Gasteiger partial charge in [-0.3, -0.25) is 0 Å². The summed E-state index contributed by atoms with van der Waals surface area (Å²) in [7, 11) is 2.02. The Hall–Kier alpha value is -1.82. The molecule has 0 amide bonds. The van der Waals surface area contributed by atoms with E-state index in [1.54, 1.807) is 0 Å². The van der Waals surface area contributed by atoms with Gasteiger partial charge in [-0.2, -0.15) is 5.26 Å². The van der Waals surface area contributed by atoms with Crippen LogP contribution in [-0.2, 0) is 13.5 Å². The van der Waals surface area contributed by atoms with Gasteiger partial charge in [0.25, 0.3) is 0 Å². The molecule has 82 valence electrons. The number of imidazole rings is 1. The van der Waals surface area contributed by atoms with Crippen LogP contribution in [0.25, 0.3) is 11.0 Å². The van der Waals surface area contributed by atoms with E-state index in [2.05, 4.69) is 22.5 Å². The molecule has 3 nitrogen and oxygen atoms in total. The topological polar surface area (TPSA) is 41.6 Å². The minimum absolute atomic E-state index is 0.692. The molecule has 0 unspecified atom stereocenters. The van der Waals surface area contributed by atoms with Crippen LogP contribution in [0, 0.1) is 11.3 Å². The van der Waals surface area contributed by atoms with Crippen LogP contribution in [0.15, 0.2) is 18.2 Å². The number of nitriles is 1. The quantitative estimate of drug-likeness (QED) is 0.786. The van der Waals surface area contributed by atoms with E-state index in [9.17, 15) is 0 Å². The second kappa shape index (κ2) is 4.36. The third-order valence-electron chi connectivity index (χ3n) is 2.86. The SMILES string of the molecule is CCCCc1nc2ccc(C#N)cc2n1C. The Balaban J connectivity index is 2.47. The summed E-state index contributed by atoms with van der Waals surface area (Å²) in [6, 6.07) is 7.80. The van der Waals surface area contributed by atoms with E-state index in [1.165, 1.54) is 6.42 Å². The highest BCUT2D eigenvalue weighted by molar-refractivity contribution is 5.77. The first-order valence-corrected chi connectivity index (χ1v) is 5.61. The third-order valence-corrected chi connectivity index (χ3v) is 2.86. The summed E-state index contributed by atoms with van der Waals surface area (Å²) in [5.74, 6) is 1.10. The van der Waals surface area contributed by atoms with Gasteiger partial charge >= 0.3 is 0 Å². The summed E-state index contributed by atoms with van der Waals surface area (Å²) >= 11 is 0. The average Bonchev–Trinajstić information content (AvgIpc) is 2.63. The smallest absolute Gasteiger partial charge is 0.109 e. The van der Waals surface area contributed by atoms with Crippen LogP contribution in [0.3, 0.4) is 0 Å². The first kappa shape index (κ1) is 10.7. The van der Waals surface area contributed by atoms with Gasteiger partial charge in [0.15, 0.2) is 0 Å². The fourth-order valence-electron chi connectivity index (χ4n) is 1.87. The highest BCUT2D eigenvalue weighted by Gasteiger charge is 2.07. The maximum absolute atomic E-state index is 8.86. The van der Waals surface area contributed by atoms with Crippen LogP contribution in [0.2, 0.25) is 0 Å². The molecule has 0 fully saturated rings. The highest BCUT2D eigenvalue weighted by atomic mass is 15.1. The molecule has 2 rings (SSSR count). The van der Waals surface area contributed by atoms with Crippen LogP contribution in [0.1, 0.15) is 31.2 Å². The van der Waals surface area contributed by atoms with Gasteiger partial charge in [-0.15, -0.1) is 0 Å². The van der Waals surface area contributed by atoms with E-state index in [0.717, 1.165) is 29.7 Å². The largest absolute Gasteiger partial charge is 0.331 e. The predicted octanol–water partition coefficient (Wildman–Crippen LogP) is 2.79. The number of aromatic nitrogens is 2. The second-order valence-corrected chi connectivity index (χ2v) is 4.01. The van der Waals surface area contributed by atoms with Gasteiger partial charge in [-0.1, -0.05) is 13.3 Å². The van der Waals surface area contributed by atoms with Crippen molar-refractivity contribution >= 4 is 11.0 Å². The van der Waals surface area contributed by atoms with Crippen LogP contribution < -0.4 is 0 Å². The van der Waals surface area contributed by atoms with Crippen molar-refractivity contribution in [2.45, 2.75) is 26.2 Å². The summed E-state index contributed by atoms with van der Waals surface area (Å²) in [6.45, 7) is 2.18. The molecule has 0 aliphatic carbocycles. The lowest BCUT2D eigenvalue weighted by molar-refractivity contribution is 0.720. The molecule has 0 saturated carbocycles. The van der Waals surface area contributed by atoms with E-state index in [-0.39, 0.29) is 0 Å². The standard InChI is InChI=1S/C13H15N3/c1-3-4-5-13-15-11-7-6-10(9-14)8-12(11)16(13)2/h6-8H,3-5H2,1-2H3. The number of rotatable bonds is 3. The zero-order chi connectivity index (χ0) is 11.5. The first-order valence-electron chi connectivity index (χ1n) is 5.61. The third kappa shape index (κ3) is 1.79. The number of aryl methyl sites for hydroxylation is 2. The van der Waals surface area contributed by atoms with E-state index >= 15 is 0 Å². The van der Waals surface area contributed by atoms with Crippen LogP contribution in [0.4, 0.5) is 0 Å². The molecule has 16 heavy (non-hydrogen) atoms. The summed E-state index contributed by atoms with van der Waals surface area (Å²) < 4.78 is 2.09. The van der Waals surface area contributed by atoms with Crippen LogP contribution in [0.5, 0.6) is 0 Å². The van der Waals surface area contributed by atoms with Crippen molar-refractivity contribution in [3.63, 3.8) is 0 Å². The molecule has 0 aliphatic rings. The lowest BCUT2D eigenvalue weighted by atomic mass is 10.2. The normalized spacial score (nSPS) is 10.6. The zero-order valence-electron chi connectivity index (χ0n) is 9.70. The molecule has 0 spiro atoms. The van der Waals surface area contributed by atoms with E-state index in [0.29, 0.717) is 5.56 Å². The van der Waals surface area contributed by atoms with Gasteiger partial charge in [0.05, 0.1) is 22.7 Å². The highest BCUT2D eigenvalue weighted by Crippen LogP contribution is 2.17. The Labute approximate surface area is 95.3 Å². The fraction of sp³-hybridized carbons (Fsp3) is 0.385. The van der Waals surface area contributed by atoms with Gasteiger partial charge in [0.2, 0.25) is 0 Å². The molecule has 1 aromatic carbocycles. The number of unbranched alkanes of at least 4 members (excludes halogenated alkanes) is 1. The first-order chi connectivity index (χ1) is 7.76. The Kier molecular flexibility index (Phi) is 2.91. The summed E-state index contributed by atoms with van der Waals surface area (Å²) in [5.41, 5.74) is 2.72. The van der Waals surface area contributed by atoms with E-state index < -0.39 is 0 Å².